The highest BCUT2D eigenvalue weighted by atomic mass is 19.1. The van der Waals surface area contributed by atoms with Crippen LogP contribution < -0.4 is 0 Å². The van der Waals surface area contributed by atoms with Crippen LogP contribution in [0, 0.1) is 24.1 Å². The zero-order valence-electron chi connectivity index (χ0n) is 10.0. The lowest BCUT2D eigenvalue weighted by Crippen LogP contribution is -1.91. The van der Waals surface area contributed by atoms with Crippen LogP contribution in [-0.2, 0) is 0 Å². The molecule has 1 N–H and O–H groups in total. The summed E-state index contributed by atoms with van der Waals surface area (Å²) in [5, 5.41) is 15.3. The number of H-pyrrole nitrogens is 1. The maximum atomic E-state index is 13.1. The molecule has 0 saturated carbocycles. The van der Waals surface area contributed by atoms with E-state index in [1.54, 1.807) is 6.92 Å². The van der Waals surface area contributed by atoms with Crippen molar-refractivity contribution in [3.05, 3.63) is 48.1 Å². The Morgan fingerprint density at radius 2 is 2.21 bits per heavy atom. The van der Waals surface area contributed by atoms with Crippen LogP contribution >= 0.6 is 0 Å². The molecule has 0 atom stereocenters. The summed E-state index contributed by atoms with van der Waals surface area (Å²) in [5.41, 5.74) is 1.17. The van der Waals surface area contributed by atoms with Gasteiger partial charge < -0.3 is 0 Å². The maximum Gasteiger partial charge on any atom is 0.162 e. The van der Waals surface area contributed by atoms with Gasteiger partial charge in [0, 0.05) is 18.0 Å². The Balaban J connectivity index is 2.68. The summed E-state index contributed by atoms with van der Waals surface area (Å²) in [7, 11) is 0. The highest BCUT2D eigenvalue weighted by Gasteiger charge is 2.03. The predicted octanol–water partition coefficient (Wildman–Crippen LogP) is 1.71. The summed E-state index contributed by atoms with van der Waals surface area (Å²) in [6.45, 7) is 1.66. The molecule has 0 aliphatic carbocycles. The van der Waals surface area contributed by atoms with Gasteiger partial charge in [-0.2, -0.15) is 10.4 Å². The third kappa shape index (κ3) is 3.07. The van der Waals surface area contributed by atoms with Crippen LogP contribution in [0.4, 0.5) is 4.39 Å². The van der Waals surface area contributed by atoms with E-state index in [0.717, 1.165) is 6.20 Å². The van der Waals surface area contributed by atoms with Crippen LogP contribution in [-0.4, -0.2) is 25.1 Å². The monoisotopic (exact) mass is 256 g/mol. The quantitative estimate of drug-likeness (QED) is 0.838. The number of nitriles is 1. The van der Waals surface area contributed by atoms with Crippen LogP contribution in [0.3, 0.4) is 0 Å². The average Bonchev–Trinajstić information content (AvgIpc) is 2.49. The van der Waals surface area contributed by atoms with E-state index in [4.69, 9.17) is 5.26 Å². The third-order valence-electron chi connectivity index (χ3n) is 2.27. The van der Waals surface area contributed by atoms with Gasteiger partial charge in [0.15, 0.2) is 5.82 Å². The third-order valence-corrected chi connectivity index (χ3v) is 2.27. The van der Waals surface area contributed by atoms with Crippen molar-refractivity contribution in [2.45, 2.75) is 6.92 Å². The minimum Gasteiger partial charge on any atom is -0.283 e. The first-order valence-corrected chi connectivity index (χ1v) is 5.32. The molecule has 0 unspecified atom stereocenters. The van der Waals surface area contributed by atoms with E-state index < -0.39 is 5.82 Å². The van der Waals surface area contributed by atoms with Crippen molar-refractivity contribution in [1.29, 1.82) is 5.26 Å². The molecule has 0 bridgehead atoms. The van der Waals surface area contributed by atoms with E-state index in [-0.39, 0.29) is 5.82 Å². The Kier molecular flexibility index (Phi) is 3.73. The Labute approximate surface area is 108 Å². The van der Waals surface area contributed by atoms with E-state index in [0.29, 0.717) is 16.8 Å². The van der Waals surface area contributed by atoms with E-state index in [1.165, 1.54) is 24.8 Å². The SMILES string of the molecule is Cc1nc(-c2cncc(F)c2)ncn[nH]cc1C#N. The first-order chi connectivity index (χ1) is 9.20. The van der Waals surface area contributed by atoms with E-state index in [1.807, 2.05) is 6.07 Å². The van der Waals surface area contributed by atoms with Gasteiger partial charge in [-0.1, -0.05) is 0 Å². The fraction of sp³-hybridized carbons (Fsp3) is 0.0833. The van der Waals surface area contributed by atoms with Crippen LogP contribution in [0.25, 0.3) is 11.4 Å². The predicted molar refractivity (Wildman–Crippen MR) is 64.4 cm³/mol. The zero-order valence-corrected chi connectivity index (χ0v) is 10.0. The second-order valence-corrected chi connectivity index (χ2v) is 3.59. The molecule has 0 spiro atoms. The Hall–Kier alpha value is -2.88. The number of halogens is 1. The van der Waals surface area contributed by atoms with Crippen molar-refractivity contribution < 1.29 is 4.39 Å². The van der Waals surface area contributed by atoms with Crippen molar-refractivity contribution in [2.75, 3.05) is 0 Å². The molecule has 94 valence electrons. The first-order valence-electron chi connectivity index (χ1n) is 5.32. The number of rotatable bonds is 1. The van der Waals surface area contributed by atoms with E-state index in [9.17, 15) is 4.39 Å². The van der Waals surface area contributed by atoms with Gasteiger partial charge in [0.05, 0.1) is 17.5 Å². The lowest BCUT2D eigenvalue weighted by molar-refractivity contribution is 0.622. The number of aromatic nitrogens is 5. The summed E-state index contributed by atoms with van der Waals surface area (Å²) in [6, 6.07) is 3.24. The average molecular weight is 256 g/mol. The molecule has 2 rings (SSSR count). The minimum absolute atomic E-state index is 0.234. The number of hydrogen-bond acceptors (Lipinski definition) is 5. The second-order valence-electron chi connectivity index (χ2n) is 3.59. The summed E-state index contributed by atoms with van der Waals surface area (Å²) < 4.78 is 13.1. The largest absolute Gasteiger partial charge is 0.283 e. The number of hydrogen-bond donors (Lipinski definition) is 1. The molecule has 2 aromatic rings. The van der Waals surface area contributed by atoms with E-state index in [2.05, 4.69) is 25.1 Å². The van der Waals surface area contributed by atoms with Crippen molar-refractivity contribution in [1.82, 2.24) is 25.1 Å². The van der Waals surface area contributed by atoms with Crippen LogP contribution in [0.15, 0.2) is 31.0 Å². The van der Waals surface area contributed by atoms with Gasteiger partial charge >= 0.3 is 0 Å². The molecule has 0 amide bonds. The highest BCUT2D eigenvalue weighted by Crippen LogP contribution is 2.13. The highest BCUT2D eigenvalue weighted by molar-refractivity contribution is 5.52. The smallest absolute Gasteiger partial charge is 0.162 e. The number of pyridine rings is 1. The normalized spacial score (nSPS) is 9.53. The number of aromatic amines is 1. The summed E-state index contributed by atoms with van der Waals surface area (Å²) >= 11 is 0. The molecule has 0 radical (unpaired) electrons. The molecule has 7 heteroatoms. The molecule has 2 heterocycles. The zero-order chi connectivity index (χ0) is 13.7. The van der Waals surface area contributed by atoms with Crippen molar-refractivity contribution >= 4 is 0 Å². The molecule has 19 heavy (non-hydrogen) atoms. The number of nitrogens with zero attached hydrogens (tertiary/aromatic N) is 5. The molecule has 0 aliphatic heterocycles. The van der Waals surface area contributed by atoms with Gasteiger partial charge in [-0.25, -0.2) is 14.4 Å². The Morgan fingerprint density at radius 1 is 1.37 bits per heavy atom. The van der Waals surface area contributed by atoms with Gasteiger partial charge in [-0.05, 0) is 13.0 Å². The fourth-order valence-corrected chi connectivity index (χ4v) is 1.36. The molecule has 0 fully saturated rings. The van der Waals surface area contributed by atoms with E-state index >= 15 is 0 Å². The molecule has 0 aliphatic rings. The first kappa shape index (κ1) is 12.6. The maximum absolute atomic E-state index is 13.1. The Bertz CT molecular complexity index is 687. The number of nitrogens with one attached hydrogen (secondary N) is 1. The number of aryl methyl sites for hydroxylation is 1. The summed E-state index contributed by atoms with van der Waals surface area (Å²) in [4.78, 5) is 11.9. The van der Waals surface area contributed by atoms with Gasteiger partial charge in [0.25, 0.3) is 0 Å². The Morgan fingerprint density at radius 3 is 2.95 bits per heavy atom. The van der Waals surface area contributed by atoms with Gasteiger partial charge in [-0.3, -0.25) is 10.1 Å². The molecule has 2 aromatic heterocycles. The van der Waals surface area contributed by atoms with Crippen molar-refractivity contribution in [3.8, 4) is 17.5 Å². The van der Waals surface area contributed by atoms with Crippen molar-refractivity contribution in [2.24, 2.45) is 0 Å². The van der Waals surface area contributed by atoms with Gasteiger partial charge in [0.1, 0.15) is 18.2 Å². The van der Waals surface area contributed by atoms with Crippen LogP contribution in [0.5, 0.6) is 0 Å². The van der Waals surface area contributed by atoms with Crippen LogP contribution in [0.1, 0.15) is 11.3 Å². The minimum atomic E-state index is -0.487. The molecule has 6 nitrogen and oxygen atoms in total. The van der Waals surface area contributed by atoms with Crippen molar-refractivity contribution in [3.63, 3.8) is 0 Å². The topological polar surface area (TPSA) is 91.1 Å². The lowest BCUT2D eigenvalue weighted by atomic mass is 10.2. The molecule has 0 saturated heterocycles. The molecule has 0 aromatic carbocycles. The lowest BCUT2D eigenvalue weighted by Gasteiger charge is -1.97. The fourth-order valence-electron chi connectivity index (χ4n) is 1.36. The van der Waals surface area contributed by atoms with Crippen LogP contribution in [0.2, 0.25) is 0 Å². The molecular weight excluding hydrogens is 247 g/mol. The standard InChI is InChI=1S/C12H9FN6/c1-8-10(3-14)5-17-18-7-16-12(19-8)9-2-11(13)6-15-4-9/h2,4-7,17H,1H3. The summed E-state index contributed by atoms with van der Waals surface area (Å²) in [5.74, 6) is -0.253. The second kappa shape index (κ2) is 5.64. The van der Waals surface area contributed by atoms with Gasteiger partial charge in [0.2, 0.25) is 0 Å². The van der Waals surface area contributed by atoms with Gasteiger partial charge in [-0.15, -0.1) is 0 Å². The summed E-state index contributed by atoms with van der Waals surface area (Å²) in [6.07, 6.45) is 5.17. The molecular formula is C12H9FN6.